The van der Waals surface area contributed by atoms with Crippen LogP contribution in [-0.4, -0.2) is 21.6 Å². The zero-order valence-electron chi connectivity index (χ0n) is 11.3. The van der Waals surface area contributed by atoms with Crippen LogP contribution in [0.25, 0.3) is 10.2 Å². The molecule has 0 aliphatic carbocycles. The van der Waals surface area contributed by atoms with Crippen molar-refractivity contribution in [1.29, 1.82) is 0 Å². The summed E-state index contributed by atoms with van der Waals surface area (Å²) in [7, 11) is 0. The number of amides is 1. The van der Waals surface area contributed by atoms with Crippen LogP contribution in [0.5, 0.6) is 0 Å². The highest BCUT2D eigenvalue weighted by Crippen LogP contribution is 2.27. The number of thioether (sulfide) groups is 1. The van der Waals surface area contributed by atoms with Gasteiger partial charge in [-0.1, -0.05) is 17.8 Å². The molecule has 0 spiro atoms. The lowest BCUT2D eigenvalue weighted by atomic mass is 10.3. The fraction of sp³-hybridized carbons (Fsp3) is 0.214. The average Bonchev–Trinajstić information content (AvgIpc) is 3.15. The maximum absolute atomic E-state index is 12.0. The minimum Gasteiger partial charge on any atom is -0.348 e. The Hall–Kier alpha value is -1.44. The van der Waals surface area contributed by atoms with Crippen LogP contribution in [0.4, 0.5) is 0 Å². The lowest BCUT2D eigenvalue weighted by Crippen LogP contribution is -2.27. The van der Waals surface area contributed by atoms with Crippen LogP contribution in [0.1, 0.15) is 17.8 Å². The molecule has 3 heterocycles. The van der Waals surface area contributed by atoms with Crippen LogP contribution in [0.2, 0.25) is 0 Å². The van der Waals surface area contributed by atoms with Crippen LogP contribution in [-0.2, 0) is 4.79 Å². The Labute approximate surface area is 134 Å². The summed E-state index contributed by atoms with van der Waals surface area (Å²) in [6.45, 7) is 2.00. The first-order valence-electron chi connectivity index (χ1n) is 6.38. The Morgan fingerprint density at radius 2 is 2.24 bits per heavy atom. The van der Waals surface area contributed by atoms with E-state index in [1.54, 1.807) is 29.0 Å². The molecule has 0 saturated carbocycles. The molecule has 7 heteroatoms. The average molecular weight is 335 g/mol. The van der Waals surface area contributed by atoms with Gasteiger partial charge in [0.1, 0.15) is 16.2 Å². The summed E-state index contributed by atoms with van der Waals surface area (Å²) in [5, 5.41) is 8.89. The number of hydrogen-bond acceptors (Lipinski definition) is 6. The molecule has 3 aromatic heterocycles. The Morgan fingerprint density at radius 3 is 3.05 bits per heavy atom. The molecular formula is C14H13N3OS3. The molecule has 0 aromatic carbocycles. The normalized spacial score (nSPS) is 12.4. The second-order valence-electron chi connectivity index (χ2n) is 4.41. The Bertz CT molecular complexity index is 739. The molecule has 0 saturated heterocycles. The Morgan fingerprint density at radius 1 is 1.33 bits per heavy atom. The first kappa shape index (κ1) is 14.5. The Balaban J connectivity index is 1.60. The molecule has 108 valence electrons. The highest BCUT2D eigenvalue weighted by atomic mass is 32.2. The van der Waals surface area contributed by atoms with E-state index in [1.165, 1.54) is 11.8 Å². The van der Waals surface area contributed by atoms with E-state index in [9.17, 15) is 4.79 Å². The molecule has 0 bridgehead atoms. The van der Waals surface area contributed by atoms with Crippen molar-refractivity contribution in [2.75, 3.05) is 5.75 Å². The van der Waals surface area contributed by atoms with Gasteiger partial charge in [-0.3, -0.25) is 4.79 Å². The van der Waals surface area contributed by atoms with E-state index in [0.717, 1.165) is 20.1 Å². The van der Waals surface area contributed by atoms with Crippen LogP contribution in [0, 0.1) is 0 Å². The highest BCUT2D eigenvalue weighted by molar-refractivity contribution is 8.00. The van der Waals surface area contributed by atoms with Crippen molar-refractivity contribution in [3.8, 4) is 0 Å². The monoisotopic (exact) mass is 335 g/mol. The summed E-state index contributed by atoms with van der Waals surface area (Å²) >= 11 is 4.68. The van der Waals surface area contributed by atoms with Gasteiger partial charge in [0.15, 0.2) is 0 Å². The lowest BCUT2D eigenvalue weighted by molar-refractivity contribution is -0.119. The smallest absolute Gasteiger partial charge is 0.230 e. The van der Waals surface area contributed by atoms with Gasteiger partial charge >= 0.3 is 0 Å². The number of carbonyl (C=O) groups is 1. The van der Waals surface area contributed by atoms with Gasteiger partial charge < -0.3 is 5.32 Å². The van der Waals surface area contributed by atoms with Crippen LogP contribution < -0.4 is 5.32 Å². The lowest BCUT2D eigenvalue weighted by Gasteiger charge is -2.11. The van der Waals surface area contributed by atoms with Gasteiger partial charge in [-0.2, -0.15) is 0 Å². The van der Waals surface area contributed by atoms with Crippen LogP contribution in [0.15, 0.2) is 40.3 Å². The molecule has 3 aromatic rings. The molecule has 0 aliphatic heterocycles. The minimum absolute atomic E-state index is 0.0166. The second kappa shape index (κ2) is 6.55. The first-order valence-corrected chi connectivity index (χ1v) is 9.12. The van der Waals surface area contributed by atoms with E-state index in [0.29, 0.717) is 5.75 Å². The highest BCUT2D eigenvalue weighted by Gasteiger charge is 2.12. The van der Waals surface area contributed by atoms with Gasteiger partial charge in [0, 0.05) is 10.3 Å². The van der Waals surface area contributed by atoms with Crippen LogP contribution in [0.3, 0.4) is 0 Å². The van der Waals surface area contributed by atoms with E-state index < -0.39 is 0 Å². The number of fused-ring (bicyclic) bond motifs is 1. The fourth-order valence-corrected chi connectivity index (χ4v) is 4.23. The van der Waals surface area contributed by atoms with Gasteiger partial charge in [0.05, 0.1) is 11.8 Å². The molecule has 4 nitrogen and oxygen atoms in total. The number of thiophene rings is 2. The topological polar surface area (TPSA) is 54.9 Å². The number of rotatable bonds is 5. The SMILES string of the molecule is CC(NC(=O)CSc1ncnc2sccc12)c1cccs1. The molecule has 1 N–H and O–H groups in total. The minimum atomic E-state index is 0.0166. The van der Waals surface area contributed by atoms with Crippen molar-refractivity contribution in [3.63, 3.8) is 0 Å². The number of carbonyl (C=O) groups excluding carboxylic acids is 1. The molecule has 3 rings (SSSR count). The zero-order chi connectivity index (χ0) is 14.7. The predicted octanol–water partition coefficient (Wildman–Crippen LogP) is 3.72. The van der Waals surface area contributed by atoms with E-state index in [-0.39, 0.29) is 11.9 Å². The fourth-order valence-electron chi connectivity index (χ4n) is 1.91. The van der Waals surface area contributed by atoms with E-state index in [1.807, 2.05) is 35.9 Å². The van der Waals surface area contributed by atoms with Gasteiger partial charge in [-0.05, 0) is 29.8 Å². The summed E-state index contributed by atoms with van der Waals surface area (Å²) in [6, 6.07) is 6.06. The molecule has 1 atom stereocenters. The van der Waals surface area contributed by atoms with Crippen molar-refractivity contribution in [2.24, 2.45) is 0 Å². The van der Waals surface area contributed by atoms with Crippen LogP contribution >= 0.6 is 34.4 Å². The van der Waals surface area contributed by atoms with Crippen molar-refractivity contribution >= 4 is 50.6 Å². The molecule has 0 fully saturated rings. The second-order valence-corrected chi connectivity index (χ2v) is 7.25. The molecule has 0 aliphatic rings. The zero-order valence-corrected chi connectivity index (χ0v) is 13.7. The third-order valence-electron chi connectivity index (χ3n) is 2.91. The summed E-state index contributed by atoms with van der Waals surface area (Å²) in [5.74, 6) is 0.375. The maximum atomic E-state index is 12.0. The molecule has 1 amide bonds. The number of nitrogens with zero attached hydrogens (tertiary/aromatic N) is 2. The van der Waals surface area contributed by atoms with Crippen molar-refractivity contribution in [3.05, 3.63) is 40.2 Å². The summed E-state index contributed by atoms with van der Waals surface area (Å²) in [5.41, 5.74) is 0. The summed E-state index contributed by atoms with van der Waals surface area (Å²) in [6.07, 6.45) is 1.55. The maximum Gasteiger partial charge on any atom is 0.230 e. The third kappa shape index (κ3) is 3.42. The van der Waals surface area contributed by atoms with Crippen molar-refractivity contribution < 1.29 is 4.79 Å². The number of hydrogen-bond donors (Lipinski definition) is 1. The standard InChI is InChI=1S/C14H13N3OS3/c1-9(11-3-2-5-19-11)17-12(18)7-21-14-10-4-6-20-13(10)15-8-16-14/h2-6,8-9H,7H2,1H3,(H,17,18). The van der Waals surface area contributed by atoms with Gasteiger partial charge in [0.25, 0.3) is 0 Å². The largest absolute Gasteiger partial charge is 0.348 e. The number of aromatic nitrogens is 2. The summed E-state index contributed by atoms with van der Waals surface area (Å²) in [4.78, 5) is 22.6. The third-order valence-corrected chi connectivity index (χ3v) is 5.79. The number of nitrogens with one attached hydrogen (secondary N) is 1. The molecular weight excluding hydrogens is 322 g/mol. The predicted molar refractivity (Wildman–Crippen MR) is 89.0 cm³/mol. The molecule has 1 unspecified atom stereocenters. The van der Waals surface area contributed by atoms with Crippen molar-refractivity contribution in [2.45, 2.75) is 18.0 Å². The summed E-state index contributed by atoms with van der Waals surface area (Å²) < 4.78 is 0. The first-order chi connectivity index (χ1) is 10.2. The molecule has 0 radical (unpaired) electrons. The van der Waals surface area contributed by atoms with Gasteiger partial charge in [-0.25, -0.2) is 9.97 Å². The van der Waals surface area contributed by atoms with E-state index in [2.05, 4.69) is 15.3 Å². The van der Waals surface area contributed by atoms with Gasteiger partial charge in [0.2, 0.25) is 5.91 Å². The van der Waals surface area contributed by atoms with E-state index in [4.69, 9.17) is 0 Å². The van der Waals surface area contributed by atoms with Gasteiger partial charge in [-0.15, -0.1) is 22.7 Å². The quantitative estimate of drug-likeness (QED) is 0.570. The Kier molecular flexibility index (Phi) is 4.52. The van der Waals surface area contributed by atoms with Crippen molar-refractivity contribution in [1.82, 2.24) is 15.3 Å². The van der Waals surface area contributed by atoms with E-state index >= 15 is 0 Å². The molecule has 21 heavy (non-hydrogen) atoms.